The molecular formula is C19H34N2O4S2. The Labute approximate surface area is 171 Å². The number of carbonyl (C=O) groups is 3. The van der Waals surface area contributed by atoms with Crippen molar-refractivity contribution in [1.82, 2.24) is 10.2 Å². The van der Waals surface area contributed by atoms with E-state index in [1.165, 1.54) is 0 Å². The lowest BCUT2D eigenvalue weighted by Gasteiger charge is -2.24. The maximum Gasteiger partial charge on any atom is 0.222 e. The number of Topliss-reactive ketones (excluding diaryl/α,β-unsaturated/α-hetero) is 1. The van der Waals surface area contributed by atoms with Gasteiger partial charge in [-0.3, -0.25) is 9.59 Å². The summed E-state index contributed by atoms with van der Waals surface area (Å²) in [5.74, 6) is 2.29. The zero-order valence-corrected chi connectivity index (χ0v) is 18.3. The van der Waals surface area contributed by atoms with Crippen molar-refractivity contribution in [3.05, 3.63) is 0 Å². The molecule has 0 aromatic carbocycles. The van der Waals surface area contributed by atoms with Crippen LogP contribution in [0.3, 0.4) is 0 Å². The molecule has 1 N–H and O–H groups in total. The molecule has 1 atom stereocenters. The summed E-state index contributed by atoms with van der Waals surface area (Å²) >= 11 is 0. The molecule has 1 aliphatic heterocycles. The van der Waals surface area contributed by atoms with Gasteiger partial charge in [-0.25, -0.2) is 0 Å². The molecule has 8 heteroatoms. The smallest absolute Gasteiger partial charge is 0.222 e. The number of amides is 2. The monoisotopic (exact) mass is 418 g/mol. The molecule has 1 heterocycles. The van der Waals surface area contributed by atoms with Crippen molar-refractivity contribution in [2.45, 2.75) is 64.3 Å². The highest BCUT2D eigenvalue weighted by Crippen LogP contribution is 2.23. The van der Waals surface area contributed by atoms with Crippen LogP contribution in [0.1, 0.15) is 58.3 Å². The van der Waals surface area contributed by atoms with Gasteiger partial charge < -0.3 is 19.7 Å². The van der Waals surface area contributed by atoms with Crippen LogP contribution in [0.2, 0.25) is 0 Å². The van der Waals surface area contributed by atoms with Gasteiger partial charge in [0.2, 0.25) is 11.8 Å². The van der Waals surface area contributed by atoms with Gasteiger partial charge in [0.15, 0.2) is 0 Å². The van der Waals surface area contributed by atoms with Crippen LogP contribution in [-0.4, -0.2) is 66.9 Å². The van der Waals surface area contributed by atoms with Gasteiger partial charge >= 0.3 is 0 Å². The summed E-state index contributed by atoms with van der Waals surface area (Å²) in [6.45, 7) is 3.74. The van der Waals surface area contributed by atoms with Crippen molar-refractivity contribution < 1.29 is 19.1 Å². The summed E-state index contributed by atoms with van der Waals surface area (Å²) in [4.78, 5) is 36.7. The molecule has 0 saturated carbocycles. The zero-order valence-electron chi connectivity index (χ0n) is 16.7. The molecule has 6 nitrogen and oxygen atoms in total. The lowest BCUT2D eigenvalue weighted by molar-refractivity contribution is -0.133. The average Bonchev–Trinajstić information content (AvgIpc) is 3.09. The van der Waals surface area contributed by atoms with E-state index in [0.29, 0.717) is 32.4 Å². The molecule has 0 bridgehead atoms. The minimum Gasteiger partial charge on any atom is -0.383 e. The SMILES string of the molecule is COCC1CCCN1C(=O)CCCSSCCNC(=O)CCCCC(C)=O. The number of nitrogens with one attached hydrogen (secondary N) is 1. The van der Waals surface area contributed by atoms with Crippen LogP contribution in [-0.2, 0) is 19.1 Å². The van der Waals surface area contributed by atoms with E-state index in [2.05, 4.69) is 5.32 Å². The normalized spacial score (nSPS) is 16.5. The Balaban J connectivity index is 1.93. The fourth-order valence-corrected chi connectivity index (χ4v) is 5.05. The van der Waals surface area contributed by atoms with Crippen molar-refractivity contribution in [3.8, 4) is 0 Å². The third-order valence-electron chi connectivity index (χ3n) is 4.45. The van der Waals surface area contributed by atoms with E-state index >= 15 is 0 Å². The molecule has 0 radical (unpaired) electrons. The molecule has 1 fully saturated rings. The summed E-state index contributed by atoms with van der Waals surface area (Å²) in [5, 5.41) is 2.90. The molecule has 0 aliphatic carbocycles. The number of nitrogens with zero attached hydrogens (tertiary/aromatic N) is 1. The number of hydrogen-bond acceptors (Lipinski definition) is 6. The summed E-state index contributed by atoms with van der Waals surface area (Å²) in [6.07, 6.45) is 6.22. The molecule has 1 saturated heterocycles. The Bertz CT molecular complexity index is 463. The predicted octanol–water partition coefficient (Wildman–Crippen LogP) is 3.05. The average molecular weight is 419 g/mol. The van der Waals surface area contributed by atoms with Gasteiger partial charge in [-0.1, -0.05) is 21.6 Å². The molecular weight excluding hydrogens is 384 g/mol. The topological polar surface area (TPSA) is 75.7 Å². The highest BCUT2D eigenvalue weighted by molar-refractivity contribution is 8.76. The highest BCUT2D eigenvalue weighted by Gasteiger charge is 2.27. The Morgan fingerprint density at radius 2 is 1.81 bits per heavy atom. The summed E-state index contributed by atoms with van der Waals surface area (Å²) in [6, 6.07) is 0.260. The maximum absolute atomic E-state index is 12.3. The quantitative estimate of drug-likeness (QED) is 0.325. The van der Waals surface area contributed by atoms with Crippen LogP contribution in [0.15, 0.2) is 0 Å². The predicted molar refractivity (Wildman–Crippen MR) is 113 cm³/mol. The van der Waals surface area contributed by atoms with Crippen molar-refractivity contribution in [3.63, 3.8) is 0 Å². The van der Waals surface area contributed by atoms with E-state index in [-0.39, 0.29) is 23.6 Å². The molecule has 0 spiro atoms. The number of methoxy groups -OCH3 is 1. The molecule has 1 unspecified atom stereocenters. The van der Waals surface area contributed by atoms with E-state index in [1.54, 1.807) is 35.6 Å². The molecule has 1 rings (SSSR count). The molecule has 1 aliphatic rings. The summed E-state index contributed by atoms with van der Waals surface area (Å²) in [5.41, 5.74) is 0. The lowest BCUT2D eigenvalue weighted by atomic mass is 10.1. The summed E-state index contributed by atoms with van der Waals surface area (Å²) in [7, 11) is 5.18. The number of carbonyl (C=O) groups excluding carboxylic acids is 3. The van der Waals surface area contributed by atoms with Gasteiger partial charge in [-0.15, -0.1) is 0 Å². The van der Waals surface area contributed by atoms with Crippen LogP contribution in [0, 0.1) is 0 Å². The Morgan fingerprint density at radius 1 is 1.07 bits per heavy atom. The largest absolute Gasteiger partial charge is 0.383 e. The first kappa shape index (κ1) is 24.3. The lowest BCUT2D eigenvalue weighted by Crippen LogP contribution is -2.38. The second-order valence-electron chi connectivity index (χ2n) is 6.85. The van der Waals surface area contributed by atoms with Crippen LogP contribution in [0.5, 0.6) is 0 Å². The maximum atomic E-state index is 12.3. The zero-order chi connectivity index (χ0) is 19.9. The number of likely N-dealkylation sites (tertiary alicyclic amines) is 1. The Hall–Kier alpha value is -0.730. The number of hydrogen-bond donors (Lipinski definition) is 1. The highest BCUT2D eigenvalue weighted by atomic mass is 33.1. The van der Waals surface area contributed by atoms with E-state index < -0.39 is 0 Å². The van der Waals surface area contributed by atoms with Crippen molar-refractivity contribution >= 4 is 39.2 Å². The van der Waals surface area contributed by atoms with Gasteiger partial charge in [0.1, 0.15) is 5.78 Å². The molecule has 0 aromatic heterocycles. The van der Waals surface area contributed by atoms with E-state index in [9.17, 15) is 14.4 Å². The number of rotatable bonds is 15. The number of ether oxygens (including phenoxy) is 1. The second kappa shape index (κ2) is 15.2. The van der Waals surface area contributed by atoms with Crippen molar-refractivity contribution in [2.75, 3.05) is 38.3 Å². The first-order valence-electron chi connectivity index (χ1n) is 9.83. The van der Waals surface area contributed by atoms with Crippen LogP contribution >= 0.6 is 21.6 Å². The van der Waals surface area contributed by atoms with Gasteiger partial charge in [0, 0.05) is 51.0 Å². The van der Waals surface area contributed by atoms with Gasteiger partial charge in [-0.2, -0.15) is 0 Å². The van der Waals surface area contributed by atoms with Gasteiger partial charge in [-0.05, 0) is 39.0 Å². The molecule has 27 heavy (non-hydrogen) atoms. The van der Waals surface area contributed by atoms with E-state index in [0.717, 1.165) is 50.2 Å². The van der Waals surface area contributed by atoms with Crippen molar-refractivity contribution in [1.29, 1.82) is 0 Å². The molecule has 2 amide bonds. The molecule has 156 valence electrons. The fraction of sp³-hybridized carbons (Fsp3) is 0.842. The van der Waals surface area contributed by atoms with Gasteiger partial charge in [0.25, 0.3) is 0 Å². The third kappa shape index (κ3) is 11.7. The van der Waals surface area contributed by atoms with Gasteiger partial charge in [0.05, 0.1) is 12.6 Å². The first-order chi connectivity index (χ1) is 13.0. The third-order valence-corrected chi connectivity index (χ3v) is 6.94. The Kier molecular flexibility index (Phi) is 13.7. The standard InChI is InChI=1S/C19H34N2O4S2/c1-16(22)7-3-4-9-18(23)20-11-14-27-26-13-6-10-19(24)21-12-5-8-17(21)15-25-2/h17H,3-15H2,1-2H3,(H,20,23). The Morgan fingerprint density at radius 3 is 2.56 bits per heavy atom. The molecule has 0 aromatic rings. The summed E-state index contributed by atoms with van der Waals surface area (Å²) < 4.78 is 5.20. The number of unbranched alkanes of at least 4 members (excludes halogenated alkanes) is 1. The first-order valence-corrected chi connectivity index (χ1v) is 12.3. The van der Waals surface area contributed by atoms with E-state index in [1.807, 2.05) is 4.90 Å². The fourth-order valence-electron chi connectivity index (χ4n) is 3.05. The number of ketones is 1. The van der Waals surface area contributed by atoms with E-state index in [4.69, 9.17) is 4.74 Å². The minimum absolute atomic E-state index is 0.0611. The van der Waals surface area contributed by atoms with Crippen LogP contribution in [0.25, 0.3) is 0 Å². The van der Waals surface area contributed by atoms with Crippen molar-refractivity contribution in [2.24, 2.45) is 0 Å². The van der Waals surface area contributed by atoms with Crippen LogP contribution < -0.4 is 5.32 Å². The minimum atomic E-state index is 0.0611. The second-order valence-corrected chi connectivity index (χ2v) is 9.55. The van der Waals surface area contributed by atoms with Crippen LogP contribution in [0.4, 0.5) is 0 Å².